The van der Waals surface area contributed by atoms with E-state index in [-0.39, 0.29) is 16.3 Å². The summed E-state index contributed by atoms with van der Waals surface area (Å²) in [5.41, 5.74) is 0.106. The minimum Gasteiger partial charge on any atom is -0.494 e. The molecule has 0 fully saturated rings. The van der Waals surface area contributed by atoms with E-state index in [4.69, 9.17) is 4.74 Å². The number of benzene rings is 2. The number of nitrogens with zero attached hydrogens (tertiary/aromatic N) is 2. The lowest BCUT2D eigenvalue weighted by Crippen LogP contribution is -2.36. The summed E-state index contributed by atoms with van der Waals surface area (Å²) in [7, 11) is -3.16. The van der Waals surface area contributed by atoms with Crippen LogP contribution in [0.4, 0.5) is 11.4 Å². The number of aryl methyl sites for hydroxylation is 1. The Bertz CT molecular complexity index is 989. The van der Waals surface area contributed by atoms with Crippen LogP contribution in [0.2, 0.25) is 0 Å². The van der Waals surface area contributed by atoms with Gasteiger partial charge in [-0.25, -0.2) is 8.42 Å². The highest BCUT2D eigenvalue weighted by atomic mass is 32.2. The first kappa shape index (κ1) is 21.2. The highest BCUT2D eigenvalue weighted by molar-refractivity contribution is 7.93. The molecule has 2 rings (SSSR count). The largest absolute Gasteiger partial charge is 0.494 e. The summed E-state index contributed by atoms with van der Waals surface area (Å²) in [6, 6.07) is 9.73. The van der Waals surface area contributed by atoms with E-state index >= 15 is 0 Å². The topological polar surface area (TPSA) is 116 Å². The van der Waals surface area contributed by atoms with E-state index in [1.807, 2.05) is 0 Å². The Hall–Kier alpha value is -3.14. The number of nitro groups is 1. The molecule has 0 aliphatic carbocycles. The SMILES string of the molecule is CCOc1cccc(N(CC(=O)OC)S(=O)(=O)c2cc([N+](=O)[O-])ccc2C)c1. The molecule has 2 aromatic rings. The summed E-state index contributed by atoms with van der Waals surface area (Å²) in [5.74, 6) is -0.366. The third-order valence-corrected chi connectivity index (χ3v) is 5.78. The highest BCUT2D eigenvalue weighted by Crippen LogP contribution is 2.30. The maximum Gasteiger partial charge on any atom is 0.326 e. The summed E-state index contributed by atoms with van der Waals surface area (Å²) in [6.07, 6.45) is 0. The Morgan fingerprint density at radius 3 is 2.54 bits per heavy atom. The Labute approximate surface area is 162 Å². The second-order valence-electron chi connectivity index (χ2n) is 5.73. The molecule has 0 aromatic heterocycles. The number of ether oxygens (including phenoxy) is 2. The van der Waals surface area contributed by atoms with Gasteiger partial charge < -0.3 is 9.47 Å². The second-order valence-corrected chi connectivity index (χ2v) is 7.56. The van der Waals surface area contributed by atoms with Gasteiger partial charge in [0.1, 0.15) is 12.3 Å². The molecule has 0 atom stereocenters. The van der Waals surface area contributed by atoms with Crippen LogP contribution < -0.4 is 9.04 Å². The minimum atomic E-state index is -4.31. The van der Waals surface area contributed by atoms with Crippen LogP contribution >= 0.6 is 0 Å². The molecule has 0 saturated heterocycles. The van der Waals surface area contributed by atoms with E-state index in [1.165, 1.54) is 31.2 Å². The van der Waals surface area contributed by atoms with Crippen LogP contribution in [-0.4, -0.2) is 39.6 Å². The van der Waals surface area contributed by atoms with Crippen LogP contribution in [0, 0.1) is 17.0 Å². The number of anilines is 1. The number of non-ortho nitro benzene ring substituents is 1. The molecule has 0 spiro atoms. The van der Waals surface area contributed by atoms with Crippen molar-refractivity contribution in [2.75, 3.05) is 24.6 Å². The zero-order chi connectivity index (χ0) is 20.9. The molecule has 2 aromatic carbocycles. The van der Waals surface area contributed by atoms with Crippen molar-refractivity contribution in [2.24, 2.45) is 0 Å². The van der Waals surface area contributed by atoms with Crippen molar-refractivity contribution in [3.8, 4) is 5.75 Å². The average Bonchev–Trinajstić information content (AvgIpc) is 2.66. The monoisotopic (exact) mass is 408 g/mol. The molecule has 150 valence electrons. The number of nitro benzene ring substituents is 1. The van der Waals surface area contributed by atoms with Gasteiger partial charge in [0.25, 0.3) is 15.7 Å². The van der Waals surface area contributed by atoms with Gasteiger partial charge in [0.2, 0.25) is 0 Å². The predicted molar refractivity (Wildman–Crippen MR) is 102 cm³/mol. The number of sulfonamides is 1. The van der Waals surface area contributed by atoms with Crippen LogP contribution in [0.3, 0.4) is 0 Å². The fourth-order valence-corrected chi connectivity index (χ4v) is 4.14. The van der Waals surface area contributed by atoms with Gasteiger partial charge in [-0.2, -0.15) is 0 Å². The van der Waals surface area contributed by atoms with Crippen LogP contribution in [0.5, 0.6) is 5.75 Å². The zero-order valence-electron chi connectivity index (χ0n) is 15.6. The van der Waals surface area contributed by atoms with Crippen molar-refractivity contribution < 1.29 is 27.6 Å². The zero-order valence-corrected chi connectivity index (χ0v) is 16.4. The molecule has 0 bridgehead atoms. The maximum atomic E-state index is 13.3. The van der Waals surface area contributed by atoms with Gasteiger partial charge in [0.15, 0.2) is 0 Å². The van der Waals surface area contributed by atoms with Crippen molar-refractivity contribution in [1.29, 1.82) is 0 Å². The first-order chi connectivity index (χ1) is 13.2. The number of hydrogen-bond donors (Lipinski definition) is 0. The van der Waals surface area contributed by atoms with Crippen molar-refractivity contribution in [3.63, 3.8) is 0 Å². The highest BCUT2D eigenvalue weighted by Gasteiger charge is 2.30. The molecule has 9 nitrogen and oxygen atoms in total. The van der Waals surface area contributed by atoms with Crippen LogP contribution in [-0.2, 0) is 19.6 Å². The van der Waals surface area contributed by atoms with Gasteiger partial charge in [-0.15, -0.1) is 0 Å². The van der Waals surface area contributed by atoms with Crippen LogP contribution in [0.25, 0.3) is 0 Å². The number of hydrogen-bond acceptors (Lipinski definition) is 7. The van der Waals surface area contributed by atoms with Gasteiger partial charge in [0.05, 0.1) is 29.2 Å². The van der Waals surface area contributed by atoms with Crippen molar-refractivity contribution >= 4 is 27.4 Å². The predicted octanol–water partition coefficient (Wildman–Crippen LogP) is 2.67. The fraction of sp³-hybridized carbons (Fsp3) is 0.278. The van der Waals surface area contributed by atoms with Crippen LogP contribution in [0.1, 0.15) is 12.5 Å². The summed E-state index contributed by atoms with van der Waals surface area (Å²) in [4.78, 5) is 22.0. The second kappa shape index (κ2) is 8.70. The molecule has 0 aliphatic rings. The first-order valence-electron chi connectivity index (χ1n) is 8.28. The molecular formula is C18H20N2O7S. The third kappa shape index (κ3) is 4.58. The van der Waals surface area contributed by atoms with Crippen molar-refractivity contribution in [1.82, 2.24) is 0 Å². The third-order valence-electron chi connectivity index (χ3n) is 3.87. The van der Waals surface area contributed by atoms with Gasteiger partial charge in [-0.3, -0.25) is 19.2 Å². The van der Waals surface area contributed by atoms with E-state index < -0.39 is 27.5 Å². The molecule has 10 heteroatoms. The Balaban J connectivity index is 2.63. The Morgan fingerprint density at radius 2 is 1.93 bits per heavy atom. The minimum absolute atomic E-state index is 0.169. The summed E-state index contributed by atoms with van der Waals surface area (Å²) < 4.78 is 37.5. The molecule has 0 saturated carbocycles. The van der Waals surface area contributed by atoms with E-state index in [1.54, 1.807) is 19.1 Å². The maximum absolute atomic E-state index is 13.3. The summed E-state index contributed by atoms with van der Waals surface area (Å²) in [6.45, 7) is 3.07. The van der Waals surface area contributed by atoms with E-state index in [0.717, 1.165) is 17.5 Å². The number of rotatable bonds is 8. The van der Waals surface area contributed by atoms with E-state index in [9.17, 15) is 23.3 Å². The number of methoxy groups -OCH3 is 1. The molecule has 0 N–H and O–H groups in total. The Kier molecular flexibility index (Phi) is 6.57. The van der Waals surface area contributed by atoms with Crippen molar-refractivity contribution in [2.45, 2.75) is 18.7 Å². The quantitative estimate of drug-likeness (QED) is 0.374. The molecular weight excluding hydrogens is 388 g/mol. The fourth-order valence-electron chi connectivity index (χ4n) is 2.49. The van der Waals surface area contributed by atoms with Gasteiger partial charge >= 0.3 is 5.97 Å². The number of carbonyl (C=O) groups excluding carboxylic acids is 1. The van der Waals surface area contributed by atoms with Gasteiger partial charge in [-0.1, -0.05) is 12.1 Å². The molecule has 0 radical (unpaired) electrons. The molecule has 0 unspecified atom stereocenters. The molecule has 0 aliphatic heterocycles. The average molecular weight is 408 g/mol. The van der Waals surface area contributed by atoms with E-state index in [2.05, 4.69) is 4.74 Å². The smallest absolute Gasteiger partial charge is 0.326 e. The number of carbonyl (C=O) groups is 1. The summed E-state index contributed by atoms with van der Waals surface area (Å²) >= 11 is 0. The van der Waals surface area contributed by atoms with E-state index in [0.29, 0.717) is 17.9 Å². The standard InChI is InChI=1S/C18H20N2O7S/c1-4-27-16-7-5-6-14(10-16)19(12-18(21)26-3)28(24,25)17-11-15(20(22)23)9-8-13(17)2/h5-11H,4,12H2,1-3H3. The lowest BCUT2D eigenvalue weighted by Gasteiger charge is -2.24. The normalized spacial score (nSPS) is 11.0. The van der Waals surface area contributed by atoms with Gasteiger partial charge in [0, 0.05) is 18.2 Å². The lowest BCUT2D eigenvalue weighted by molar-refractivity contribution is -0.385. The molecule has 0 heterocycles. The number of esters is 1. The molecule has 28 heavy (non-hydrogen) atoms. The molecule has 0 amide bonds. The summed E-state index contributed by atoms with van der Waals surface area (Å²) in [5, 5.41) is 11.1. The Morgan fingerprint density at radius 1 is 1.21 bits per heavy atom. The van der Waals surface area contributed by atoms with Gasteiger partial charge in [-0.05, 0) is 31.5 Å². The van der Waals surface area contributed by atoms with Crippen molar-refractivity contribution in [3.05, 3.63) is 58.1 Å². The first-order valence-corrected chi connectivity index (χ1v) is 9.72. The lowest BCUT2D eigenvalue weighted by atomic mass is 10.2. The van der Waals surface area contributed by atoms with Crippen LogP contribution in [0.15, 0.2) is 47.4 Å².